The van der Waals surface area contributed by atoms with Gasteiger partial charge in [0.2, 0.25) is 5.91 Å². The van der Waals surface area contributed by atoms with Crippen molar-refractivity contribution >= 4 is 17.2 Å². The molecule has 0 aromatic carbocycles. The summed E-state index contributed by atoms with van der Waals surface area (Å²) in [5.74, 6) is 0.260. The summed E-state index contributed by atoms with van der Waals surface area (Å²) in [4.78, 5) is 15.2. The minimum Gasteiger partial charge on any atom is -0.375 e. The van der Waals surface area contributed by atoms with E-state index in [0.717, 1.165) is 32.7 Å². The van der Waals surface area contributed by atoms with Crippen LogP contribution in [0.15, 0.2) is 16.8 Å². The Hall–Kier alpha value is -0.950. The van der Waals surface area contributed by atoms with E-state index in [1.807, 2.05) is 0 Å². The van der Waals surface area contributed by atoms with Gasteiger partial charge in [0.15, 0.2) is 0 Å². The van der Waals surface area contributed by atoms with Crippen LogP contribution in [0.3, 0.4) is 0 Å². The summed E-state index contributed by atoms with van der Waals surface area (Å²) in [6.45, 7) is 5.32. The fourth-order valence-electron chi connectivity index (χ4n) is 4.24. The Morgan fingerprint density at radius 2 is 2.21 bits per heavy atom. The lowest BCUT2D eigenvalue weighted by atomic mass is 9.93. The summed E-state index contributed by atoms with van der Waals surface area (Å²) in [6.07, 6.45) is 4.11. The molecule has 0 bridgehead atoms. The number of carbonyl (C=O) groups excluding carboxylic acids is 1. The number of hydrogen-bond acceptors (Lipinski definition) is 5. The predicted octanol–water partition coefficient (Wildman–Crippen LogP) is 1.60. The van der Waals surface area contributed by atoms with Crippen molar-refractivity contribution < 1.29 is 9.53 Å². The number of nitrogens with zero attached hydrogens (tertiary/aromatic N) is 1. The zero-order valence-electron chi connectivity index (χ0n) is 14.1. The van der Waals surface area contributed by atoms with Gasteiger partial charge in [-0.15, -0.1) is 0 Å². The second kappa shape index (κ2) is 7.12. The van der Waals surface area contributed by atoms with Gasteiger partial charge in [0, 0.05) is 25.7 Å². The van der Waals surface area contributed by atoms with E-state index < -0.39 is 0 Å². The first kappa shape index (κ1) is 16.5. The lowest BCUT2D eigenvalue weighted by Gasteiger charge is -2.31. The van der Waals surface area contributed by atoms with Crippen molar-refractivity contribution in [2.45, 2.75) is 44.4 Å². The van der Waals surface area contributed by atoms with Crippen molar-refractivity contribution in [3.63, 3.8) is 0 Å². The van der Waals surface area contributed by atoms with E-state index in [1.54, 1.807) is 11.3 Å². The normalized spacial score (nSPS) is 28.7. The Morgan fingerprint density at radius 1 is 1.33 bits per heavy atom. The fourth-order valence-corrected chi connectivity index (χ4v) is 4.90. The summed E-state index contributed by atoms with van der Waals surface area (Å²) >= 11 is 1.71. The molecule has 1 amide bonds. The zero-order valence-corrected chi connectivity index (χ0v) is 14.9. The average Bonchev–Trinajstić information content (AvgIpc) is 3.05. The Balaban J connectivity index is 1.44. The molecule has 2 unspecified atom stereocenters. The van der Waals surface area contributed by atoms with E-state index in [2.05, 4.69) is 32.4 Å². The van der Waals surface area contributed by atoms with Gasteiger partial charge in [-0.05, 0) is 60.2 Å². The maximum atomic E-state index is 13.1. The van der Waals surface area contributed by atoms with E-state index in [0.29, 0.717) is 24.5 Å². The molecular formula is C18H27N3O2S. The third-order valence-electron chi connectivity index (χ3n) is 5.78. The second-order valence-corrected chi connectivity index (χ2v) is 8.17. The molecule has 2 atom stereocenters. The molecule has 24 heavy (non-hydrogen) atoms. The maximum absolute atomic E-state index is 13.1. The highest BCUT2D eigenvalue weighted by Gasteiger charge is 2.57. The van der Waals surface area contributed by atoms with E-state index in [1.165, 1.54) is 24.8 Å². The topological polar surface area (TPSA) is 53.6 Å². The van der Waals surface area contributed by atoms with Crippen LogP contribution >= 0.6 is 11.3 Å². The van der Waals surface area contributed by atoms with Crippen LogP contribution in [0.2, 0.25) is 0 Å². The summed E-state index contributed by atoms with van der Waals surface area (Å²) < 4.78 is 5.75. The van der Waals surface area contributed by atoms with Gasteiger partial charge in [0.05, 0.1) is 19.1 Å². The highest BCUT2D eigenvalue weighted by molar-refractivity contribution is 7.07. The molecular weight excluding hydrogens is 322 g/mol. The smallest absolute Gasteiger partial charge is 0.225 e. The minimum absolute atomic E-state index is 0.0268. The Labute approximate surface area is 147 Å². The number of morpholine rings is 1. The van der Waals surface area contributed by atoms with Gasteiger partial charge in [0.25, 0.3) is 0 Å². The quantitative estimate of drug-likeness (QED) is 0.848. The van der Waals surface area contributed by atoms with Crippen molar-refractivity contribution in [1.29, 1.82) is 0 Å². The van der Waals surface area contributed by atoms with E-state index in [9.17, 15) is 4.79 Å². The lowest BCUT2D eigenvalue weighted by Crippen LogP contribution is -2.44. The fraction of sp³-hybridized carbons (Fsp3) is 0.722. The number of ether oxygens (including phenoxy) is 1. The first-order chi connectivity index (χ1) is 11.8. The highest BCUT2D eigenvalue weighted by atomic mass is 32.1. The number of rotatable bonds is 5. The summed E-state index contributed by atoms with van der Waals surface area (Å²) in [6, 6.07) is 2.56. The average molecular weight is 350 g/mol. The molecule has 1 aromatic heterocycles. The van der Waals surface area contributed by atoms with Gasteiger partial charge in [-0.25, -0.2) is 0 Å². The van der Waals surface area contributed by atoms with Crippen LogP contribution in [0.25, 0.3) is 0 Å². The van der Waals surface area contributed by atoms with Gasteiger partial charge < -0.3 is 20.3 Å². The van der Waals surface area contributed by atoms with Crippen LogP contribution in [0.4, 0.5) is 0 Å². The molecule has 3 aliphatic rings. The first-order valence-corrected chi connectivity index (χ1v) is 10.0. The Bertz CT molecular complexity index is 551. The first-order valence-electron chi connectivity index (χ1n) is 9.10. The molecule has 1 aromatic rings. The van der Waals surface area contributed by atoms with E-state index in [4.69, 9.17) is 4.74 Å². The molecule has 0 radical (unpaired) electrons. The summed E-state index contributed by atoms with van der Waals surface area (Å²) in [5.41, 5.74) is 1.63. The van der Waals surface area contributed by atoms with E-state index in [-0.39, 0.29) is 12.0 Å². The SMILES string of the molecule is O=C(CC1CNCCO1)N(Cc1ccsc1)C1CC12CCNCC2. The predicted molar refractivity (Wildman–Crippen MR) is 95.0 cm³/mol. The minimum atomic E-state index is 0.0268. The van der Waals surface area contributed by atoms with Crippen molar-refractivity contribution in [2.75, 3.05) is 32.8 Å². The number of amides is 1. The van der Waals surface area contributed by atoms with Gasteiger partial charge in [0.1, 0.15) is 0 Å². The number of piperidine rings is 1. The third kappa shape index (κ3) is 3.52. The molecule has 1 saturated carbocycles. The highest BCUT2D eigenvalue weighted by Crippen LogP contribution is 2.56. The molecule has 4 rings (SSSR count). The van der Waals surface area contributed by atoms with Crippen molar-refractivity contribution in [3.05, 3.63) is 22.4 Å². The van der Waals surface area contributed by atoms with E-state index >= 15 is 0 Å². The van der Waals surface area contributed by atoms with Crippen LogP contribution in [-0.2, 0) is 16.1 Å². The van der Waals surface area contributed by atoms with Crippen LogP contribution < -0.4 is 10.6 Å². The van der Waals surface area contributed by atoms with Crippen LogP contribution in [0, 0.1) is 5.41 Å². The molecule has 5 nitrogen and oxygen atoms in total. The largest absolute Gasteiger partial charge is 0.375 e. The standard InChI is InChI=1S/C18H27N3O2S/c22-17(9-15-11-20-6-7-23-15)21(12-14-1-8-24-13-14)16-10-18(16)2-4-19-5-3-18/h1,8,13,15-16,19-20H,2-7,9-12H2. The molecule has 1 spiro atoms. The molecule has 6 heteroatoms. The molecule has 132 valence electrons. The molecule has 2 saturated heterocycles. The van der Waals surface area contributed by atoms with Gasteiger partial charge in [-0.2, -0.15) is 11.3 Å². The molecule has 2 aliphatic heterocycles. The lowest BCUT2D eigenvalue weighted by molar-refractivity contribution is -0.136. The number of hydrogen-bond donors (Lipinski definition) is 2. The van der Waals surface area contributed by atoms with Gasteiger partial charge in [-0.1, -0.05) is 0 Å². The van der Waals surface area contributed by atoms with Gasteiger partial charge >= 0.3 is 0 Å². The van der Waals surface area contributed by atoms with Crippen LogP contribution in [0.1, 0.15) is 31.2 Å². The maximum Gasteiger partial charge on any atom is 0.225 e. The number of carbonyl (C=O) groups is 1. The van der Waals surface area contributed by atoms with Crippen molar-refractivity contribution in [3.8, 4) is 0 Å². The van der Waals surface area contributed by atoms with Gasteiger partial charge in [-0.3, -0.25) is 4.79 Å². The molecule has 2 N–H and O–H groups in total. The van der Waals surface area contributed by atoms with Crippen LogP contribution in [-0.4, -0.2) is 55.7 Å². The molecule has 3 heterocycles. The van der Waals surface area contributed by atoms with Crippen LogP contribution in [0.5, 0.6) is 0 Å². The number of nitrogens with one attached hydrogen (secondary N) is 2. The third-order valence-corrected chi connectivity index (χ3v) is 6.51. The molecule has 3 fully saturated rings. The Morgan fingerprint density at radius 3 is 2.92 bits per heavy atom. The molecule has 1 aliphatic carbocycles. The van der Waals surface area contributed by atoms with Crippen molar-refractivity contribution in [1.82, 2.24) is 15.5 Å². The zero-order chi connectivity index (χ0) is 16.4. The monoisotopic (exact) mass is 349 g/mol. The summed E-state index contributed by atoms with van der Waals surface area (Å²) in [7, 11) is 0. The second-order valence-electron chi connectivity index (χ2n) is 7.39. The van der Waals surface area contributed by atoms with Crippen molar-refractivity contribution in [2.24, 2.45) is 5.41 Å². The Kier molecular flexibility index (Phi) is 4.90. The summed E-state index contributed by atoms with van der Waals surface area (Å²) in [5, 5.41) is 11.0. The number of thiophene rings is 1.